The summed E-state index contributed by atoms with van der Waals surface area (Å²) in [7, 11) is 0. The molecule has 1 saturated heterocycles. The van der Waals surface area contributed by atoms with Crippen LogP contribution < -0.4 is 11.1 Å². The number of carbonyl (C=O) groups is 1. The number of rotatable bonds is 4. The second kappa shape index (κ2) is 6.23. The molecular weight excluding hydrogens is 238 g/mol. The maximum absolute atomic E-state index is 12.4. The largest absolute Gasteiger partial charge is 0.353 e. The van der Waals surface area contributed by atoms with Gasteiger partial charge >= 0.3 is 0 Å². The van der Waals surface area contributed by atoms with Crippen molar-refractivity contribution in [1.82, 2.24) is 10.2 Å². The summed E-state index contributed by atoms with van der Waals surface area (Å²) >= 11 is 0. The fraction of sp³-hybridized carbons (Fsp3) is 0.933. The van der Waals surface area contributed by atoms with Crippen LogP contribution in [0.2, 0.25) is 0 Å². The van der Waals surface area contributed by atoms with E-state index >= 15 is 0 Å². The van der Waals surface area contributed by atoms with Crippen molar-refractivity contribution in [3.63, 3.8) is 0 Å². The molecule has 1 heterocycles. The van der Waals surface area contributed by atoms with Gasteiger partial charge in [-0.3, -0.25) is 4.79 Å². The molecule has 0 aromatic carbocycles. The third-order valence-corrected chi connectivity index (χ3v) is 4.95. The van der Waals surface area contributed by atoms with E-state index < -0.39 is 0 Å². The highest BCUT2D eigenvalue weighted by Crippen LogP contribution is 2.42. The fourth-order valence-electron chi connectivity index (χ4n) is 3.60. The Morgan fingerprint density at radius 3 is 2.53 bits per heavy atom. The number of nitrogens with zero attached hydrogens (tertiary/aromatic N) is 1. The van der Waals surface area contributed by atoms with Crippen LogP contribution in [0.4, 0.5) is 0 Å². The molecule has 4 nitrogen and oxygen atoms in total. The van der Waals surface area contributed by atoms with E-state index in [1.807, 2.05) is 0 Å². The first kappa shape index (κ1) is 14.8. The lowest BCUT2D eigenvalue weighted by Crippen LogP contribution is -2.48. The van der Waals surface area contributed by atoms with E-state index in [0.717, 1.165) is 45.4 Å². The summed E-state index contributed by atoms with van der Waals surface area (Å²) < 4.78 is 0. The molecule has 3 N–H and O–H groups in total. The molecule has 1 aliphatic carbocycles. The number of piperidine rings is 1. The van der Waals surface area contributed by atoms with E-state index in [0.29, 0.717) is 11.9 Å². The standard InChI is InChI=1S/C15H29N3O/c1-15(2)7-3-4-13(15)14(19)17-12-5-9-18(10-6-12)11-8-16/h12-13H,3-11,16H2,1-2H3,(H,17,19). The van der Waals surface area contributed by atoms with Crippen molar-refractivity contribution >= 4 is 5.91 Å². The van der Waals surface area contributed by atoms with Gasteiger partial charge in [-0.2, -0.15) is 0 Å². The second-order valence-electron chi connectivity index (χ2n) is 6.85. The van der Waals surface area contributed by atoms with Crippen molar-refractivity contribution in [1.29, 1.82) is 0 Å². The first-order chi connectivity index (χ1) is 9.03. The summed E-state index contributed by atoms with van der Waals surface area (Å²) in [5, 5.41) is 3.28. The second-order valence-corrected chi connectivity index (χ2v) is 6.85. The minimum absolute atomic E-state index is 0.185. The van der Waals surface area contributed by atoms with Crippen molar-refractivity contribution in [2.75, 3.05) is 26.2 Å². The zero-order chi connectivity index (χ0) is 13.9. The smallest absolute Gasteiger partial charge is 0.223 e. The van der Waals surface area contributed by atoms with E-state index in [1.165, 1.54) is 12.8 Å². The van der Waals surface area contributed by atoms with Crippen molar-refractivity contribution in [2.45, 2.75) is 52.0 Å². The van der Waals surface area contributed by atoms with Crippen LogP contribution in [0, 0.1) is 11.3 Å². The molecule has 2 fully saturated rings. The number of hydrogen-bond acceptors (Lipinski definition) is 3. The first-order valence-corrected chi connectivity index (χ1v) is 7.76. The summed E-state index contributed by atoms with van der Waals surface area (Å²) in [5.41, 5.74) is 5.76. The molecule has 110 valence electrons. The van der Waals surface area contributed by atoms with Crippen molar-refractivity contribution in [2.24, 2.45) is 17.1 Å². The number of nitrogens with one attached hydrogen (secondary N) is 1. The molecule has 0 radical (unpaired) electrons. The fourth-order valence-corrected chi connectivity index (χ4v) is 3.60. The Hall–Kier alpha value is -0.610. The van der Waals surface area contributed by atoms with Crippen LogP contribution in [0.25, 0.3) is 0 Å². The Morgan fingerprint density at radius 2 is 2.00 bits per heavy atom. The van der Waals surface area contributed by atoms with Gasteiger partial charge in [0.25, 0.3) is 0 Å². The number of likely N-dealkylation sites (tertiary alicyclic amines) is 1. The lowest BCUT2D eigenvalue weighted by molar-refractivity contribution is -0.128. The van der Waals surface area contributed by atoms with Crippen LogP contribution in [-0.4, -0.2) is 43.0 Å². The molecule has 2 aliphatic rings. The SMILES string of the molecule is CC1(C)CCCC1C(=O)NC1CCN(CCN)CC1. The molecule has 4 heteroatoms. The lowest BCUT2D eigenvalue weighted by atomic mass is 9.81. The third-order valence-electron chi connectivity index (χ3n) is 4.95. The maximum atomic E-state index is 12.4. The number of carbonyl (C=O) groups excluding carboxylic acids is 1. The first-order valence-electron chi connectivity index (χ1n) is 7.76. The van der Waals surface area contributed by atoms with Gasteiger partial charge in [-0.25, -0.2) is 0 Å². The monoisotopic (exact) mass is 267 g/mol. The van der Waals surface area contributed by atoms with E-state index in [9.17, 15) is 4.79 Å². The highest BCUT2D eigenvalue weighted by atomic mass is 16.2. The average molecular weight is 267 g/mol. The molecule has 1 aliphatic heterocycles. The van der Waals surface area contributed by atoms with Gasteiger partial charge in [0.15, 0.2) is 0 Å². The van der Waals surface area contributed by atoms with Gasteiger partial charge in [0.2, 0.25) is 5.91 Å². The third kappa shape index (κ3) is 3.69. The van der Waals surface area contributed by atoms with Crippen LogP contribution in [0.1, 0.15) is 46.0 Å². The van der Waals surface area contributed by atoms with Crippen LogP contribution in [0.3, 0.4) is 0 Å². The Morgan fingerprint density at radius 1 is 1.32 bits per heavy atom. The summed E-state index contributed by atoms with van der Waals surface area (Å²) in [5.74, 6) is 0.509. The Kier molecular flexibility index (Phi) is 4.85. The number of nitrogens with two attached hydrogens (primary N) is 1. The van der Waals surface area contributed by atoms with E-state index in [-0.39, 0.29) is 11.3 Å². The van der Waals surface area contributed by atoms with Gasteiger partial charge in [-0.1, -0.05) is 20.3 Å². The van der Waals surface area contributed by atoms with Gasteiger partial charge in [-0.15, -0.1) is 0 Å². The van der Waals surface area contributed by atoms with Crippen LogP contribution in [0.15, 0.2) is 0 Å². The van der Waals surface area contributed by atoms with Crippen molar-refractivity contribution in [3.8, 4) is 0 Å². The predicted octanol–water partition coefficient (Wildman–Crippen LogP) is 1.35. The summed E-state index contributed by atoms with van der Waals surface area (Å²) in [6.45, 7) is 8.30. The molecule has 0 spiro atoms. The molecule has 0 bridgehead atoms. The van der Waals surface area contributed by atoms with Gasteiger partial charge < -0.3 is 16.0 Å². The van der Waals surface area contributed by atoms with Crippen molar-refractivity contribution < 1.29 is 4.79 Å². The highest BCUT2D eigenvalue weighted by Gasteiger charge is 2.39. The highest BCUT2D eigenvalue weighted by molar-refractivity contribution is 5.80. The minimum atomic E-state index is 0.185. The Labute approximate surface area is 117 Å². The summed E-state index contributed by atoms with van der Waals surface area (Å²) in [6.07, 6.45) is 5.57. The zero-order valence-electron chi connectivity index (χ0n) is 12.5. The maximum Gasteiger partial charge on any atom is 0.223 e. The van der Waals surface area contributed by atoms with E-state index in [4.69, 9.17) is 5.73 Å². The van der Waals surface area contributed by atoms with Crippen LogP contribution in [-0.2, 0) is 4.79 Å². The molecule has 1 amide bonds. The van der Waals surface area contributed by atoms with Gasteiger partial charge in [0, 0.05) is 38.1 Å². The zero-order valence-corrected chi connectivity index (χ0v) is 12.5. The molecule has 1 atom stereocenters. The summed E-state index contributed by atoms with van der Waals surface area (Å²) in [6, 6.07) is 0.373. The van der Waals surface area contributed by atoms with E-state index in [1.54, 1.807) is 0 Å². The minimum Gasteiger partial charge on any atom is -0.353 e. The van der Waals surface area contributed by atoms with Gasteiger partial charge in [-0.05, 0) is 31.1 Å². The molecule has 1 unspecified atom stereocenters. The Bertz CT molecular complexity index is 309. The lowest BCUT2D eigenvalue weighted by Gasteiger charge is -2.34. The molecule has 0 aromatic heterocycles. The predicted molar refractivity (Wildman–Crippen MR) is 77.8 cm³/mol. The van der Waals surface area contributed by atoms with Gasteiger partial charge in [0.1, 0.15) is 0 Å². The molecular formula is C15H29N3O. The molecule has 19 heavy (non-hydrogen) atoms. The molecule has 2 rings (SSSR count). The van der Waals surface area contributed by atoms with Crippen LogP contribution >= 0.6 is 0 Å². The summed E-state index contributed by atoms with van der Waals surface area (Å²) in [4.78, 5) is 14.8. The van der Waals surface area contributed by atoms with Crippen molar-refractivity contribution in [3.05, 3.63) is 0 Å². The molecule has 1 saturated carbocycles. The van der Waals surface area contributed by atoms with Crippen LogP contribution in [0.5, 0.6) is 0 Å². The van der Waals surface area contributed by atoms with Gasteiger partial charge in [0.05, 0.1) is 0 Å². The molecule has 0 aromatic rings. The van der Waals surface area contributed by atoms with E-state index in [2.05, 4.69) is 24.1 Å². The normalized spacial score (nSPS) is 28.5. The quantitative estimate of drug-likeness (QED) is 0.808. The average Bonchev–Trinajstić information content (AvgIpc) is 2.72. The number of hydrogen-bond donors (Lipinski definition) is 2. The Balaban J connectivity index is 1.78. The topological polar surface area (TPSA) is 58.4 Å². The number of amides is 1.